The maximum absolute atomic E-state index is 15.5. The maximum Gasteiger partial charge on any atom is 0.283 e. The highest BCUT2D eigenvalue weighted by Gasteiger charge is 2.57. The van der Waals surface area contributed by atoms with E-state index in [9.17, 15) is 18.3 Å². The molecule has 2 fully saturated rings. The molecule has 1 aromatic carbocycles. The first-order chi connectivity index (χ1) is 23.4. The fourth-order valence-electron chi connectivity index (χ4n) is 9.12. The van der Waals surface area contributed by atoms with Crippen molar-refractivity contribution in [3.8, 4) is 5.75 Å². The maximum atomic E-state index is 15.5. The van der Waals surface area contributed by atoms with Gasteiger partial charge in [-0.15, -0.1) is 23.5 Å². The lowest BCUT2D eigenvalue weighted by molar-refractivity contribution is -0.0492. The number of amides is 1. The van der Waals surface area contributed by atoms with E-state index in [4.69, 9.17) is 21.3 Å². The number of pyridine rings is 1. The molecule has 5 heterocycles. The molecule has 1 spiro atoms. The first-order valence-corrected chi connectivity index (χ1v) is 21.5. The van der Waals surface area contributed by atoms with Gasteiger partial charge in [0.1, 0.15) is 17.1 Å². The number of sulfonamides is 1. The van der Waals surface area contributed by atoms with Gasteiger partial charge in [-0.25, -0.2) is 22.5 Å². The highest BCUT2D eigenvalue weighted by Crippen LogP contribution is 2.58. The molecule has 1 saturated heterocycles. The van der Waals surface area contributed by atoms with Crippen LogP contribution in [0.2, 0.25) is 5.02 Å². The molecule has 264 valence electrons. The SMILES string of the molecule is C[C@@H]1[C@@H](C)S(=O)(=O)NC(=O)c2ccc3c(n2)N(C[C@@H]2CC[C@H]2[C@](O)(C2SCCCS2)C2=C[C@H]1C2)C[C@@]1(CCCc2c1ccc(Cl)c2F)CO3. The van der Waals surface area contributed by atoms with E-state index in [1.54, 1.807) is 19.1 Å². The number of aliphatic hydroxyl groups is 1. The van der Waals surface area contributed by atoms with E-state index in [-0.39, 0.29) is 44.8 Å². The summed E-state index contributed by atoms with van der Waals surface area (Å²) in [4.78, 5) is 20.5. The molecule has 7 aliphatic rings. The number of rotatable bonds is 1. The van der Waals surface area contributed by atoms with Gasteiger partial charge in [-0.05, 0) is 122 Å². The minimum absolute atomic E-state index is 0.00431. The first-order valence-electron chi connectivity index (χ1n) is 17.5. The Kier molecular flexibility index (Phi) is 8.77. The molecule has 2 N–H and O–H groups in total. The van der Waals surface area contributed by atoms with E-state index in [1.165, 1.54) is 6.07 Å². The molecule has 3 aliphatic carbocycles. The number of anilines is 1. The summed E-state index contributed by atoms with van der Waals surface area (Å²) in [6.07, 6.45) is 7.86. The van der Waals surface area contributed by atoms with Gasteiger partial charge in [0.15, 0.2) is 11.6 Å². The van der Waals surface area contributed by atoms with Gasteiger partial charge in [0.25, 0.3) is 5.91 Å². The predicted molar refractivity (Wildman–Crippen MR) is 194 cm³/mol. The number of halogens is 2. The van der Waals surface area contributed by atoms with Crippen LogP contribution in [0.15, 0.2) is 35.9 Å². The summed E-state index contributed by atoms with van der Waals surface area (Å²) in [6.45, 7) is 4.90. The zero-order valence-corrected chi connectivity index (χ0v) is 31.0. The third-order valence-electron chi connectivity index (χ3n) is 12.4. The number of carbonyl (C=O) groups excluding carboxylic acids is 1. The Morgan fingerprint density at radius 1 is 1.14 bits per heavy atom. The lowest BCUT2D eigenvalue weighted by Gasteiger charge is -2.55. The van der Waals surface area contributed by atoms with Gasteiger partial charge in [0, 0.05) is 18.5 Å². The van der Waals surface area contributed by atoms with Gasteiger partial charge in [0.05, 0.1) is 21.5 Å². The molecule has 4 aliphatic heterocycles. The number of allylic oxidation sites excluding steroid dienone is 1. The molecular formula is C36H43ClFN3O5S3. The quantitative estimate of drug-likeness (QED) is 0.323. The van der Waals surface area contributed by atoms with Crippen LogP contribution < -0.4 is 14.4 Å². The Hall–Kier alpha value is -1.99. The number of hydrogen-bond acceptors (Lipinski definition) is 9. The highest BCUT2D eigenvalue weighted by atomic mass is 35.5. The van der Waals surface area contributed by atoms with E-state index in [0.717, 1.165) is 54.7 Å². The molecule has 2 aromatic rings. The van der Waals surface area contributed by atoms with Crippen LogP contribution in [0, 0.1) is 29.5 Å². The van der Waals surface area contributed by atoms with E-state index < -0.39 is 32.2 Å². The van der Waals surface area contributed by atoms with E-state index in [2.05, 4.69) is 15.7 Å². The Morgan fingerprint density at radius 3 is 2.65 bits per heavy atom. The number of benzene rings is 1. The van der Waals surface area contributed by atoms with Crippen LogP contribution in [0.4, 0.5) is 10.2 Å². The summed E-state index contributed by atoms with van der Waals surface area (Å²) in [5, 5.41) is 12.2. The number of nitrogens with zero attached hydrogens (tertiary/aromatic N) is 2. The second-order valence-electron chi connectivity index (χ2n) is 15.0. The van der Waals surface area contributed by atoms with Crippen molar-refractivity contribution in [2.75, 3.05) is 36.1 Å². The summed E-state index contributed by atoms with van der Waals surface area (Å²) in [5.74, 6) is 1.70. The third kappa shape index (κ3) is 5.61. The molecule has 49 heavy (non-hydrogen) atoms. The Morgan fingerprint density at radius 2 is 1.92 bits per heavy atom. The second-order valence-corrected chi connectivity index (χ2v) is 20.2. The standard InChI is InChI=1S/C36H43ClFN3O5S3/c1-20-21(2)49(44,45)40-33(42)29-10-11-30-32(39-29)41(18-35(19-46-30)12-3-5-25-27(35)8-9-28(37)31(25)38)17-22-6-7-26(22)36(43,24-15-23(20)16-24)34-47-13-4-14-48-34/h8-11,15,20-23,26,34,43H,3-7,12-14,16-19H2,1-2H3,(H,40,42)/t20-,21-,22+,23+,26-,35+,36+/m1/s1. The van der Waals surface area contributed by atoms with Crippen LogP contribution in [0.1, 0.15) is 74.0 Å². The number of nitrogens with one attached hydrogen (secondary N) is 1. The first kappa shape index (κ1) is 34.1. The number of thioether (sulfide) groups is 2. The zero-order chi connectivity index (χ0) is 34.3. The lowest BCUT2D eigenvalue weighted by Crippen LogP contribution is -2.59. The van der Waals surface area contributed by atoms with Crippen LogP contribution in [0.3, 0.4) is 0 Å². The topological polar surface area (TPSA) is 109 Å². The average molecular weight is 748 g/mol. The fraction of sp³-hybridized carbons (Fsp3) is 0.611. The van der Waals surface area contributed by atoms with Crippen LogP contribution in [0.5, 0.6) is 5.75 Å². The normalized spacial score (nSPS) is 35.8. The van der Waals surface area contributed by atoms with Crippen LogP contribution in [-0.4, -0.2) is 71.1 Å². The molecular weight excluding hydrogens is 705 g/mol. The smallest absolute Gasteiger partial charge is 0.283 e. The van der Waals surface area contributed by atoms with Crippen LogP contribution in [0.25, 0.3) is 0 Å². The van der Waals surface area contributed by atoms with Crippen molar-refractivity contribution in [1.29, 1.82) is 0 Å². The van der Waals surface area contributed by atoms with Crippen LogP contribution >= 0.6 is 35.1 Å². The molecule has 0 radical (unpaired) electrons. The van der Waals surface area contributed by atoms with Gasteiger partial charge in [-0.1, -0.05) is 30.7 Å². The van der Waals surface area contributed by atoms with Crippen molar-refractivity contribution in [3.05, 3.63) is 63.6 Å². The minimum Gasteiger partial charge on any atom is -0.489 e. The van der Waals surface area contributed by atoms with Crippen molar-refractivity contribution in [2.24, 2.45) is 23.7 Å². The molecule has 9 rings (SSSR count). The Bertz CT molecular complexity index is 1820. The Labute approximate surface area is 301 Å². The summed E-state index contributed by atoms with van der Waals surface area (Å²) < 4.78 is 51.4. The van der Waals surface area contributed by atoms with Crippen molar-refractivity contribution >= 4 is 56.9 Å². The predicted octanol–water partition coefficient (Wildman–Crippen LogP) is 6.34. The van der Waals surface area contributed by atoms with Gasteiger partial charge >= 0.3 is 0 Å². The van der Waals surface area contributed by atoms with E-state index in [0.29, 0.717) is 49.7 Å². The molecule has 1 amide bonds. The summed E-state index contributed by atoms with van der Waals surface area (Å²) in [6, 6.07) is 6.76. The highest BCUT2D eigenvalue weighted by molar-refractivity contribution is 8.17. The summed E-state index contributed by atoms with van der Waals surface area (Å²) >= 11 is 9.94. The number of aromatic nitrogens is 1. The second kappa shape index (κ2) is 12.6. The number of hydrogen-bond donors (Lipinski definition) is 2. The van der Waals surface area contributed by atoms with Gasteiger partial charge in [0.2, 0.25) is 10.0 Å². The monoisotopic (exact) mass is 747 g/mol. The van der Waals surface area contributed by atoms with Gasteiger partial charge in [-0.3, -0.25) is 4.79 Å². The van der Waals surface area contributed by atoms with Crippen LogP contribution in [-0.2, 0) is 21.9 Å². The molecule has 4 bridgehead atoms. The van der Waals surface area contributed by atoms with E-state index >= 15 is 4.39 Å². The zero-order valence-electron chi connectivity index (χ0n) is 27.8. The van der Waals surface area contributed by atoms with Gasteiger partial charge in [-0.2, -0.15) is 0 Å². The molecule has 8 nitrogen and oxygen atoms in total. The van der Waals surface area contributed by atoms with Crippen molar-refractivity contribution in [3.63, 3.8) is 0 Å². The summed E-state index contributed by atoms with van der Waals surface area (Å²) in [7, 11) is -4.04. The molecule has 7 atom stereocenters. The number of fused-ring (bicyclic) bond motifs is 6. The number of carbonyl (C=O) groups is 1. The average Bonchev–Trinajstić information content (AvgIpc) is 3.20. The molecule has 13 heteroatoms. The third-order valence-corrected chi connectivity index (χ3v) is 17.7. The lowest BCUT2D eigenvalue weighted by atomic mass is 9.58. The molecule has 0 unspecified atom stereocenters. The van der Waals surface area contributed by atoms with E-state index in [1.807, 2.05) is 36.5 Å². The van der Waals surface area contributed by atoms with Crippen molar-refractivity contribution in [1.82, 2.24) is 9.71 Å². The minimum atomic E-state index is -4.04. The van der Waals surface area contributed by atoms with Crippen molar-refractivity contribution in [2.45, 2.75) is 79.6 Å². The molecule has 1 saturated carbocycles. The van der Waals surface area contributed by atoms with Gasteiger partial charge < -0.3 is 14.7 Å². The summed E-state index contributed by atoms with van der Waals surface area (Å²) in [5.41, 5.74) is 0.942. The number of ether oxygens (including phenoxy) is 1. The Balaban J connectivity index is 1.24. The largest absolute Gasteiger partial charge is 0.489 e. The van der Waals surface area contributed by atoms with Crippen molar-refractivity contribution < 1.29 is 27.4 Å². The molecule has 1 aromatic heterocycles. The fourth-order valence-corrected chi connectivity index (χ4v) is 14.0.